The largest absolute Gasteiger partial charge is 0.337 e. The summed E-state index contributed by atoms with van der Waals surface area (Å²) in [4.78, 5) is 15.6. The zero-order chi connectivity index (χ0) is 17.8. The van der Waals surface area contributed by atoms with Crippen molar-refractivity contribution in [2.75, 3.05) is 13.3 Å². The van der Waals surface area contributed by atoms with Gasteiger partial charge < -0.3 is 4.90 Å². The summed E-state index contributed by atoms with van der Waals surface area (Å²) in [6.07, 6.45) is 3.54. The van der Waals surface area contributed by atoms with Crippen molar-refractivity contribution in [2.24, 2.45) is 0 Å². The number of nitrogens with one attached hydrogen (secondary N) is 1. The van der Waals surface area contributed by atoms with Crippen molar-refractivity contribution in [1.82, 2.24) is 15.1 Å². The highest BCUT2D eigenvalue weighted by atomic mass is 32.2. The maximum absolute atomic E-state index is 13.1. The molecule has 0 spiro atoms. The Morgan fingerprint density at radius 3 is 2.48 bits per heavy atom. The molecule has 0 aliphatic rings. The molecular weight excluding hydrogens is 337 g/mol. The Bertz CT molecular complexity index is 859. The normalized spacial score (nSPS) is 10.7. The van der Waals surface area contributed by atoms with E-state index in [4.69, 9.17) is 0 Å². The van der Waals surface area contributed by atoms with Gasteiger partial charge in [0.2, 0.25) is 0 Å². The molecule has 6 heteroatoms. The van der Waals surface area contributed by atoms with Gasteiger partial charge in [-0.15, -0.1) is 11.8 Å². The Labute approximate surface area is 150 Å². The minimum Gasteiger partial charge on any atom is -0.337 e. The van der Waals surface area contributed by atoms with Gasteiger partial charge in [0.25, 0.3) is 5.91 Å². The maximum Gasteiger partial charge on any atom is 0.257 e. The zero-order valence-electron chi connectivity index (χ0n) is 14.0. The fraction of sp³-hybridized carbons (Fsp3) is 0.158. The van der Waals surface area contributed by atoms with E-state index < -0.39 is 0 Å². The van der Waals surface area contributed by atoms with Crippen molar-refractivity contribution in [1.29, 1.82) is 0 Å². The van der Waals surface area contributed by atoms with Gasteiger partial charge in [0.15, 0.2) is 0 Å². The molecule has 0 atom stereocenters. The second kappa shape index (κ2) is 7.53. The van der Waals surface area contributed by atoms with Gasteiger partial charge in [0, 0.05) is 24.1 Å². The first-order valence-corrected chi connectivity index (χ1v) is 8.98. The number of H-pyrrole nitrogens is 1. The number of halogens is 1. The van der Waals surface area contributed by atoms with E-state index in [0.29, 0.717) is 17.8 Å². The fourth-order valence-corrected chi connectivity index (χ4v) is 2.98. The molecule has 0 unspecified atom stereocenters. The molecule has 4 nitrogen and oxygen atoms in total. The van der Waals surface area contributed by atoms with Crippen LogP contribution in [0.3, 0.4) is 0 Å². The second-order valence-corrected chi connectivity index (χ2v) is 6.55. The van der Waals surface area contributed by atoms with Crippen LogP contribution in [0.15, 0.2) is 59.6 Å². The maximum atomic E-state index is 13.1. The third-order valence-corrected chi connectivity index (χ3v) is 4.67. The molecule has 0 aliphatic carbocycles. The lowest BCUT2D eigenvalue weighted by atomic mass is 10.1. The van der Waals surface area contributed by atoms with Crippen molar-refractivity contribution in [2.45, 2.75) is 11.4 Å². The molecule has 1 N–H and O–H groups in total. The molecule has 1 amide bonds. The Kier molecular flexibility index (Phi) is 5.19. The Morgan fingerprint density at radius 2 is 1.84 bits per heavy atom. The Hall–Kier alpha value is -2.60. The number of carbonyl (C=O) groups excluding carboxylic acids is 1. The minimum atomic E-state index is -0.318. The number of hydrogen-bond acceptors (Lipinski definition) is 3. The third-order valence-electron chi connectivity index (χ3n) is 3.93. The monoisotopic (exact) mass is 355 g/mol. The van der Waals surface area contributed by atoms with Crippen molar-refractivity contribution in [3.63, 3.8) is 0 Å². The van der Waals surface area contributed by atoms with Crippen LogP contribution in [0, 0.1) is 5.82 Å². The molecule has 0 fully saturated rings. The van der Waals surface area contributed by atoms with Gasteiger partial charge in [-0.3, -0.25) is 9.89 Å². The number of benzene rings is 2. The van der Waals surface area contributed by atoms with Gasteiger partial charge >= 0.3 is 0 Å². The molecule has 25 heavy (non-hydrogen) atoms. The van der Waals surface area contributed by atoms with Gasteiger partial charge in [-0.2, -0.15) is 5.10 Å². The molecule has 0 radical (unpaired) electrons. The summed E-state index contributed by atoms with van der Waals surface area (Å²) < 4.78 is 13.1. The average molecular weight is 355 g/mol. The molecule has 3 aromatic rings. The molecule has 0 aliphatic heterocycles. The van der Waals surface area contributed by atoms with Crippen LogP contribution in [-0.2, 0) is 6.54 Å². The van der Waals surface area contributed by atoms with Gasteiger partial charge in [-0.25, -0.2) is 4.39 Å². The van der Waals surface area contributed by atoms with E-state index in [2.05, 4.69) is 10.2 Å². The van der Waals surface area contributed by atoms with Crippen LogP contribution in [0.5, 0.6) is 0 Å². The van der Waals surface area contributed by atoms with Crippen LogP contribution in [0.25, 0.3) is 11.3 Å². The van der Waals surface area contributed by atoms with Gasteiger partial charge in [-0.05, 0) is 48.2 Å². The first-order valence-electron chi connectivity index (χ1n) is 7.76. The van der Waals surface area contributed by atoms with E-state index in [1.165, 1.54) is 23.2 Å². The number of amides is 1. The summed E-state index contributed by atoms with van der Waals surface area (Å²) in [5.41, 5.74) is 2.84. The molecule has 3 rings (SSSR count). The van der Waals surface area contributed by atoms with Crippen molar-refractivity contribution >= 4 is 17.7 Å². The van der Waals surface area contributed by atoms with Crippen molar-refractivity contribution in [3.05, 3.63) is 71.7 Å². The van der Waals surface area contributed by atoms with Crippen LogP contribution < -0.4 is 0 Å². The summed E-state index contributed by atoms with van der Waals surface area (Å²) in [6.45, 7) is 0.502. The quantitative estimate of drug-likeness (QED) is 0.698. The topological polar surface area (TPSA) is 49.0 Å². The molecule has 1 heterocycles. The Morgan fingerprint density at radius 1 is 1.16 bits per heavy atom. The average Bonchev–Trinajstić information content (AvgIpc) is 3.12. The zero-order valence-corrected chi connectivity index (χ0v) is 14.8. The van der Waals surface area contributed by atoms with Crippen LogP contribution in [-0.4, -0.2) is 34.3 Å². The number of hydrogen-bond donors (Lipinski definition) is 1. The van der Waals surface area contributed by atoms with Gasteiger partial charge in [-0.1, -0.05) is 12.1 Å². The van der Waals surface area contributed by atoms with Crippen LogP contribution in [0.1, 0.15) is 15.9 Å². The summed E-state index contributed by atoms with van der Waals surface area (Å²) in [7, 11) is 1.76. The number of nitrogens with zero attached hydrogens (tertiary/aromatic N) is 2. The number of carbonyl (C=O) groups is 1. The highest BCUT2D eigenvalue weighted by Gasteiger charge is 2.19. The predicted octanol–water partition coefficient (Wildman–Crippen LogP) is 4.21. The predicted molar refractivity (Wildman–Crippen MR) is 98.0 cm³/mol. The number of rotatable bonds is 5. The molecule has 128 valence electrons. The SMILES string of the molecule is CSc1ccc(CN(C)C(=O)c2cn[nH]c2-c2ccc(F)cc2)cc1. The third kappa shape index (κ3) is 3.91. The molecule has 0 saturated carbocycles. The lowest BCUT2D eigenvalue weighted by Crippen LogP contribution is -2.26. The highest BCUT2D eigenvalue weighted by molar-refractivity contribution is 7.98. The van der Waals surface area contributed by atoms with Gasteiger partial charge in [0.05, 0.1) is 17.5 Å². The highest BCUT2D eigenvalue weighted by Crippen LogP contribution is 2.23. The smallest absolute Gasteiger partial charge is 0.257 e. The summed E-state index contributed by atoms with van der Waals surface area (Å²) in [5, 5.41) is 6.82. The lowest BCUT2D eigenvalue weighted by Gasteiger charge is -2.17. The molecular formula is C19H18FN3OS. The van der Waals surface area contributed by atoms with Crippen LogP contribution in [0.2, 0.25) is 0 Å². The van der Waals surface area contributed by atoms with E-state index >= 15 is 0 Å². The molecule has 0 saturated heterocycles. The number of thioether (sulfide) groups is 1. The number of aromatic nitrogens is 2. The molecule has 2 aromatic carbocycles. The van der Waals surface area contributed by atoms with Crippen molar-refractivity contribution < 1.29 is 9.18 Å². The summed E-state index contributed by atoms with van der Waals surface area (Å²) in [5.74, 6) is -0.455. The first kappa shape index (κ1) is 17.2. The van der Waals surface area contributed by atoms with Crippen LogP contribution in [0.4, 0.5) is 4.39 Å². The lowest BCUT2D eigenvalue weighted by molar-refractivity contribution is 0.0786. The van der Waals surface area contributed by atoms with Crippen molar-refractivity contribution in [3.8, 4) is 11.3 Å². The van der Waals surface area contributed by atoms with E-state index in [9.17, 15) is 9.18 Å². The molecule has 0 bridgehead atoms. The van der Waals surface area contributed by atoms with E-state index in [1.807, 2.05) is 30.5 Å². The second-order valence-electron chi connectivity index (χ2n) is 5.67. The number of aromatic amines is 1. The fourth-order valence-electron chi connectivity index (χ4n) is 2.57. The van der Waals surface area contributed by atoms with E-state index in [-0.39, 0.29) is 11.7 Å². The standard InChI is InChI=1S/C19H18FN3OS/c1-23(12-13-3-9-16(25-2)10-4-13)19(24)17-11-21-22-18(17)14-5-7-15(20)8-6-14/h3-11H,12H2,1-2H3,(H,21,22). The minimum absolute atomic E-state index is 0.137. The Balaban J connectivity index is 1.78. The van der Waals surface area contributed by atoms with E-state index in [1.54, 1.807) is 35.8 Å². The van der Waals surface area contributed by atoms with Crippen LogP contribution >= 0.6 is 11.8 Å². The van der Waals surface area contributed by atoms with E-state index in [0.717, 1.165) is 11.1 Å². The summed E-state index contributed by atoms with van der Waals surface area (Å²) in [6, 6.07) is 14.1. The van der Waals surface area contributed by atoms with Gasteiger partial charge in [0.1, 0.15) is 5.82 Å². The molecule has 1 aromatic heterocycles. The summed E-state index contributed by atoms with van der Waals surface area (Å²) >= 11 is 1.68. The first-order chi connectivity index (χ1) is 12.1.